The summed E-state index contributed by atoms with van der Waals surface area (Å²) < 4.78 is 45.7. The number of alkyl halides is 3. The Morgan fingerprint density at radius 2 is 1.86 bits per heavy atom. The summed E-state index contributed by atoms with van der Waals surface area (Å²) in [5.74, 6) is 3.21. The number of hydrogen-bond donors (Lipinski definition) is 1. The Bertz CT molecular complexity index is 1610. The van der Waals surface area contributed by atoms with E-state index in [4.69, 9.17) is 9.84 Å². The van der Waals surface area contributed by atoms with Gasteiger partial charge in [0.2, 0.25) is 0 Å². The van der Waals surface area contributed by atoms with Crippen molar-refractivity contribution in [1.29, 1.82) is 0 Å². The highest BCUT2D eigenvalue weighted by Crippen LogP contribution is 2.56. The number of ketones is 1. The number of nitrogens with zero attached hydrogens (tertiary/aromatic N) is 3. The Balaban J connectivity index is 1.45. The van der Waals surface area contributed by atoms with E-state index in [0.717, 1.165) is 58.0 Å². The highest BCUT2D eigenvalue weighted by atomic mass is 32.2. The van der Waals surface area contributed by atoms with Crippen molar-refractivity contribution >= 4 is 40.6 Å². The van der Waals surface area contributed by atoms with Crippen LogP contribution >= 0.6 is 23.5 Å². The minimum absolute atomic E-state index is 0.160. The molecule has 1 saturated heterocycles. The van der Waals surface area contributed by atoms with Crippen molar-refractivity contribution in [2.45, 2.75) is 42.9 Å². The van der Waals surface area contributed by atoms with Gasteiger partial charge < -0.3 is 10.1 Å². The molecule has 4 aromatic rings. The Kier molecular flexibility index (Phi) is 7.91. The molecule has 1 N–H and O–H groups in total. The number of methoxy groups -OCH3 is 1. The Hall–Kier alpha value is -3.18. The molecule has 0 unspecified atom stereocenters. The summed E-state index contributed by atoms with van der Waals surface area (Å²) in [6.45, 7) is 1.65. The number of Topliss-reactive ketones (excluding diaryl/α,β-unsaturated/α-hetero) is 1. The average Bonchev–Trinajstić information content (AvgIpc) is 3.45. The number of anilines is 1. The predicted molar refractivity (Wildman–Crippen MR) is 163 cm³/mol. The Morgan fingerprint density at radius 3 is 2.50 bits per heavy atom. The molecule has 0 amide bonds. The van der Waals surface area contributed by atoms with E-state index in [-0.39, 0.29) is 12.3 Å². The van der Waals surface area contributed by atoms with Crippen LogP contribution in [0.25, 0.3) is 16.9 Å². The van der Waals surface area contributed by atoms with E-state index in [2.05, 4.69) is 10.3 Å². The van der Waals surface area contributed by atoms with E-state index in [1.54, 1.807) is 41.3 Å². The number of fused-ring (bicyclic) bond motifs is 1. The quantitative estimate of drug-likeness (QED) is 0.184. The molecule has 6 rings (SSSR count). The number of aryl methyl sites for hydroxylation is 1. The molecule has 2 aromatic heterocycles. The second-order valence-corrected chi connectivity index (χ2v) is 13.6. The lowest BCUT2D eigenvalue weighted by atomic mass is 9.98. The second kappa shape index (κ2) is 11.5. The number of rotatable bonds is 10. The van der Waals surface area contributed by atoms with Crippen LogP contribution in [0.4, 0.5) is 18.9 Å². The summed E-state index contributed by atoms with van der Waals surface area (Å²) in [5, 5.41) is 8.08. The number of carbonyl (C=O) groups is 1. The van der Waals surface area contributed by atoms with Gasteiger partial charge in [0.05, 0.1) is 36.8 Å². The maximum Gasteiger partial charge on any atom is 0.390 e. The third-order valence-electron chi connectivity index (χ3n) is 7.69. The van der Waals surface area contributed by atoms with Crippen LogP contribution in [0.3, 0.4) is 0 Å². The molecule has 0 radical (unpaired) electrons. The van der Waals surface area contributed by atoms with Crippen LogP contribution in [-0.4, -0.2) is 51.7 Å². The number of halogens is 3. The second-order valence-electron chi connectivity index (χ2n) is 10.8. The molecule has 0 bridgehead atoms. The van der Waals surface area contributed by atoms with Gasteiger partial charge in [0.15, 0.2) is 11.4 Å². The molecule has 2 aromatic carbocycles. The van der Waals surface area contributed by atoms with Gasteiger partial charge in [-0.1, -0.05) is 24.3 Å². The molecular weight excluding hydrogens is 581 g/mol. The van der Waals surface area contributed by atoms with Crippen molar-refractivity contribution in [1.82, 2.24) is 14.6 Å². The fraction of sp³-hybridized carbons (Fsp3) is 0.387. The zero-order chi connectivity index (χ0) is 29.5. The van der Waals surface area contributed by atoms with Gasteiger partial charge in [-0.15, -0.1) is 23.5 Å². The topological polar surface area (TPSA) is 68.5 Å². The average molecular weight is 613 g/mol. The van der Waals surface area contributed by atoms with Gasteiger partial charge in [0.25, 0.3) is 0 Å². The number of ether oxygens (including phenoxy) is 1. The molecule has 1 aliphatic carbocycles. The summed E-state index contributed by atoms with van der Waals surface area (Å²) >= 11 is 3.51. The van der Waals surface area contributed by atoms with Crippen LogP contribution in [0.15, 0.2) is 54.7 Å². The van der Waals surface area contributed by atoms with Crippen LogP contribution in [0.2, 0.25) is 0 Å². The van der Waals surface area contributed by atoms with Crippen molar-refractivity contribution in [2.75, 3.05) is 30.5 Å². The summed E-state index contributed by atoms with van der Waals surface area (Å²) in [4.78, 5) is 17.4. The first-order valence-electron chi connectivity index (χ1n) is 13.9. The first kappa shape index (κ1) is 28.9. The molecular formula is C31H31F3N4O2S2. The SMILES string of the molecule is COc1ccc(C2(c3cc(NCCC(F)(F)F)c4ncc(-c5ccc(C(=O)CC6CC6)c(C)c5)n4n3)SCCS2)cc1. The maximum absolute atomic E-state index is 13.1. The van der Waals surface area contributed by atoms with Gasteiger partial charge in [-0.05, 0) is 61.1 Å². The minimum atomic E-state index is -4.28. The number of imidazole rings is 1. The number of nitrogens with one attached hydrogen (secondary N) is 1. The maximum atomic E-state index is 13.1. The number of hydrogen-bond acceptors (Lipinski definition) is 7. The zero-order valence-corrected chi connectivity index (χ0v) is 25.0. The number of thioether (sulfide) groups is 2. The lowest BCUT2D eigenvalue weighted by molar-refractivity contribution is -0.131. The minimum Gasteiger partial charge on any atom is -0.497 e. The molecule has 3 heterocycles. The fourth-order valence-corrected chi connectivity index (χ4v) is 8.49. The molecule has 2 fully saturated rings. The molecule has 2 aliphatic rings. The van der Waals surface area contributed by atoms with Crippen molar-refractivity contribution in [3.63, 3.8) is 0 Å². The third-order valence-corrected chi connectivity index (χ3v) is 11.2. The van der Waals surface area contributed by atoms with E-state index in [0.29, 0.717) is 29.4 Å². The van der Waals surface area contributed by atoms with Crippen molar-refractivity contribution < 1.29 is 22.7 Å². The molecule has 1 aliphatic heterocycles. The van der Waals surface area contributed by atoms with Crippen molar-refractivity contribution in [2.24, 2.45) is 5.92 Å². The largest absolute Gasteiger partial charge is 0.497 e. The predicted octanol–water partition coefficient (Wildman–Crippen LogP) is 7.74. The van der Waals surface area contributed by atoms with Gasteiger partial charge in [-0.3, -0.25) is 4.79 Å². The fourth-order valence-electron chi connectivity index (χ4n) is 5.31. The van der Waals surface area contributed by atoms with Crippen molar-refractivity contribution in [3.8, 4) is 17.0 Å². The number of carbonyl (C=O) groups excluding carboxylic acids is 1. The normalized spacial score (nSPS) is 16.6. The van der Waals surface area contributed by atoms with Gasteiger partial charge in [0.1, 0.15) is 9.83 Å². The molecule has 220 valence electrons. The highest BCUT2D eigenvalue weighted by molar-refractivity contribution is 8.20. The van der Waals surface area contributed by atoms with Crippen LogP contribution in [0.1, 0.15) is 52.9 Å². The molecule has 0 atom stereocenters. The van der Waals surface area contributed by atoms with Gasteiger partial charge in [-0.25, -0.2) is 9.50 Å². The number of aromatic nitrogens is 3. The van der Waals surface area contributed by atoms with Crippen LogP contribution < -0.4 is 10.1 Å². The molecule has 11 heteroatoms. The first-order valence-corrected chi connectivity index (χ1v) is 15.9. The lowest BCUT2D eigenvalue weighted by Gasteiger charge is -2.28. The van der Waals surface area contributed by atoms with Crippen LogP contribution in [0, 0.1) is 12.8 Å². The van der Waals surface area contributed by atoms with Gasteiger partial charge in [0, 0.05) is 35.6 Å². The van der Waals surface area contributed by atoms with Crippen LogP contribution in [-0.2, 0) is 4.08 Å². The molecule has 6 nitrogen and oxygen atoms in total. The zero-order valence-electron chi connectivity index (χ0n) is 23.3. The number of benzene rings is 2. The van der Waals surface area contributed by atoms with E-state index in [1.165, 1.54) is 0 Å². The first-order chi connectivity index (χ1) is 20.2. The smallest absolute Gasteiger partial charge is 0.390 e. The Morgan fingerprint density at radius 1 is 1.12 bits per heavy atom. The van der Waals surface area contributed by atoms with Crippen LogP contribution in [0.5, 0.6) is 5.75 Å². The summed E-state index contributed by atoms with van der Waals surface area (Å²) in [5.41, 5.74) is 5.82. The van der Waals surface area contributed by atoms with Gasteiger partial charge in [-0.2, -0.15) is 18.3 Å². The standard InChI is InChI=1S/C31H31F3N4O2S2/c1-19-15-21(5-10-24(19)27(39)16-20-3-4-20)26-18-36-29-25(35-12-11-30(32,33)34)17-28(37-38(26)29)31(41-13-14-42-31)22-6-8-23(40-2)9-7-22/h5-10,15,17-18,20,35H,3-4,11-14,16H2,1-2H3. The molecule has 0 spiro atoms. The van der Waals surface area contributed by atoms with E-state index in [1.807, 2.05) is 55.5 Å². The van der Waals surface area contributed by atoms with E-state index >= 15 is 0 Å². The van der Waals surface area contributed by atoms with Gasteiger partial charge >= 0.3 is 6.18 Å². The molecule has 1 saturated carbocycles. The summed E-state index contributed by atoms with van der Waals surface area (Å²) in [6.07, 6.45) is -0.739. The lowest BCUT2D eigenvalue weighted by Crippen LogP contribution is -2.21. The summed E-state index contributed by atoms with van der Waals surface area (Å²) in [6, 6.07) is 15.4. The van der Waals surface area contributed by atoms with E-state index < -0.39 is 16.7 Å². The van der Waals surface area contributed by atoms with Crippen molar-refractivity contribution in [3.05, 3.63) is 77.1 Å². The van der Waals surface area contributed by atoms with E-state index in [9.17, 15) is 18.0 Å². The Labute approximate surface area is 250 Å². The monoisotopic (exact) mass is 612 g/mol. The highest BCUT2D eigenvalue weighted by Gasteiger charge is 2.42. The third kappa shape index (κ3) is 5.86. The molecule has 42 heavy (non-hydrogen) atoms. The summed E-state index contributed by atoms with van der Waals surface area (Å²) in [7, 11) is 1.62.